The van der Waals surface area contributed by atoms with E-state index in [1.165, 1.54) is 24.3 Å². The van der Waals surface area contributed by atoms with Crippen LogP contribution in [0, 0.1) is 5.82 Å². The molecular weight excluding hydrogens is 273 g/mol. The quantitative estimate of drug-likeness (QED) is 0.651. The minimum Gasteiger partial charge on any atom is -0.399 e. The van der Waals surface area contributed by atoms with Crippen LogP contribution in [-0.2, 0) is 0 Å². The summed E-state index contributed by atoms with van der Waals surface area (Å²) >= 11 is 0. The van der Waals surface area contributed by atoms with Gasteiger partial charge in [-0.05, 0) is 42.0 Å². The number of nitrogen functional groups attached to an aromatic ring is 1. The van der Waals surface area contributed by atoms with E-state index in [1.54, 1.807) is 24.3 Å². The summed E-state index contributed by atoms with van der Waals surface area (Å²) in [6.07, 6.45) is -0.829. The Bertz CT molecular complexity index is 599. The molecule has 5 nitrogen and oxygen atoms in total. The molecule has 5 N–H and O–H groups in total. The highest BCUT2D eigenvalue weighted by Crippen LogP contribution is 2.14. The fourth-order valence-corrected chi connectivity index (χ4v) is 1.73. The summed E-state index contributed by atoms with van der Waals surface area (Å²) in [6.45, 7) is 0.0525. The Kier molecular flexibility index (Phi) is 4.73. The number of amides is 2. The maximum absolute atomic E-state index is 12.7. The molecule has 110 valence electrons. The van der Waals surface area contributed by atoms with Gasteiger partial charge in [0.05, 0.1) is 6.10 Å². The van der Waals surface area contributed by atoms with E-state index in [0.717, 1.165) is 0 Å². The van der Waals surface area contributed by atoms with Crippen molar-refractivity contribution < 1.29 is 14.3 Å². The summed E-state index contributed by atoms with van der Waals surface area (Å²) in [7, 11) is 0. The number of halogens is 1. The first-order valence-electron chi connectivity index (χ1n) is 6.38. The number of rotatable bonds is 4. The fourth-order valence-electron chi connectivity index (χ4n) is 1.73. The van der Waals surface area contributed by atoms with Gasteiger partial charge in [-0.2, -0.15) is 0 Å². The molecule has 2 aromatic carbocycles. The Morgan fingerprint density at radius 1 is 1.14 bits per heavy atom. The van der Waals surface area contributed by atoms with Crippen molar-refractivity contribution >= 4 is 17.4 Å². The number of aliphatic hydroxyl groups excluding tert-OH is 1. The topological polar surface area (TPSA) is 87.4 Å². The molecule has 2 amide bonds. The number of anilines is 2. The van der Waals surface area contributed by atoms with Crippen molar-refractivity contribution in [1.29, 1.82) is 0 Å². The summed E-state index contributed by atoms with van der Waals surface area (Å²) in [5.74, 6) is -0.375. The highest BCUT2D eigenvalue weighted by molar-refractivity contribution is 5.89. The number of nitrogens with two attached hydrogens (primary N) is 1. The van der Waals surface area contributed by atoms with Crippen LogP contribution in [0.5, 0.6) is 0 Å². The Balaban J connectivity index is 1.83. The van der Waals surface area contributed by atoms with E-state index in [0.29, 0.717) is 16.9 Å². The number of hydrogen-bond donors (Lipinski definition) is 4. The van der Waals surface area contributed by atoms with Crippen LogP contribution >= 0.6 is 0 Å². The standard InChI is InChI=1S/C15H16FN3O2/c16-11-3-7-13(8-4-11)19-15(21)18-9-14(20)10-1-5-12(17)6-2-10/h1-8,14,20H,9,17H2,(H2,18,19,21). The van der Waals surface area contributed by atoms with E-state index in [1.807, 2.05) is 0 Å². The second-order valence-corrected chi connectivity index (χ2v) is 4.52. The number of aliphatic hydroxyl groups is 1. The lowest BCUT2D eigenvalue weighted by Crippen LogP contribution is -2.32. The lowest BCUT2D eigenvalue weighted by Gasteiger charge is -2.13. The van der Waals surface area contributed by atoms with Gasteiger partial charge in [0.25, 0.3) is 0 Å². The molecular formula is C15H16FN3O2. The summed E-state index contributed by atoms with van der Waals surface area (Å²) in [5.41, 5.74) is 7.29. The third kappa shape index (κ3) is 4.47. The van der Waals surface area contributed by atoms with Crippen LogP contribution in [0.3, 0.4) is 0 Å². The van der Waals surface area contributed by atoms with Crippen molar-refractivity contribution in [2.24, 2.45) is 0 Å². The molecule has 2 aromatic rings. The molecule has 0 aromatic heterocycles. The Hall–Kier alpha value is -2.60. The monoisotopic (exact) mass is 289 g/mol. The predicted molar refractivity (Wildman–Crippen MR) is 79.2 cm³/mol. The average Bonchev–Trinajstić information content (AvgIpc) is 2.48. The lowest BCUT2D eigenvalue weighted by molar-refractivity contribution is 0.175. The highest BCUT2D eigenvalue weighted by Gasteiger charge is 2.09. The van der Waals surface area contributed by atoms with Crippen LogP contribution in [0.25, 0.3) is 0 Å². The predicted octanol–water partition coefficient (Wildman–Crippen LogP) is 2.26. The molecule has 1 unspecified atom stereocenters. The van der Waals surface area contributed by atoms with Crippen molar-refractivity contribution in [2.75, 3.05) is 17.6 Å². The minimum absolute atomic E-state index is 0.0525. The van der Waals surface area contributed by atoms with E-state index in [4.69, 9.17) is 5.73 Å². The van der Waals surface area contributed by atoms with E-state index >= 15 is 0 Å². The highest BCUT2D eigenvalue weighted by atomic mass is 19.1. The zero-order chi connectivity index (χ0) is 15.2. The maximum atomic E-state index is 12.7. The van der Waals surface area contributed by atoms with Crippen molar-refractivity contribution in [2.45, 2.75) is 6.10 Å². The smallest absolute Gasteiger partial charge is 0.319 e. The molecule has 0 spiro atoms. The number of benzene rings is 2. The van der Waals surface area contributed by atoms with E-state index < -0.39 is 12.1 Å². The Morgan fingerprint density at radius 3 is 2.38 bits per heavy atom. The van der Waals surface area contributed by atoms with Crippen LogP contribution in [0.15, 0.2) is 48.5 Å². The maximum Gasteiger partial charge on any atom is 0.319 e. The molecule has 0 radical (unpaired) electrons. The van der Waals surface area contributed by atoms with Gasteiger partial charge in [0.2, 0.25) is 0 Å². The molecule has 1 atom stereocenters. The average molecular weight is 289 g/mol. The molecule has 0 aliphatic carbocycles. The van der Waals surface area contributed by atoms with Crippen molar-refractivity contribution in [3.63, 3.8) is 0 Å². The molecule has 0 saturated carbocycles. The second kappa shape index (κ2) is 6.71. The third-order valence-corrected chi connectivity index (χ3v) is 2.88. The summed E-state index contributed by atoms with van der Waals surface area (Å²) in [4.78, 5) is 11.6. The van der Waals surface area contributed by atoms with Crippen LogP contribution in [0.4, 0.5) is 20.6 Å². The number of nitrogens with one attached hydrogen (secondary N) is 2. The van der Waals surface area contributed by atoms with Gasteiger partial charge in [-0.15, -0.1) is 0 Å². The zero-order valence-corrected chi connectivity index (χ0v) is 11.2. The minimum atomic E-state index is -0.829. The molecule has 0 saturated heterocycles. The van der Waals surface area contributed by atoms with Gasteiger partial charge in [-0.25, -0.2) is 9.18 Å². The molecule has 0 heterocycles. The first-order valence-corrected chi connectivity index (χ1v) is 6.38. The third-order valence-electron chi connectivity index (χ3n) is 2.88. The molecule has 0 fully saturated rings. The van der Waals surface area contributed by atoms with E-state index in [2.05, 4.69) is 10.6 Å². The van der Waals surface area contributed by atoms with E-state index in [9.17, 15) is 14.3 Å². The zero-order valence-electron chi connectivity index (χ0n) is 11.2. The van der Waals surface area contributed by atoms with E-state index in [-0.39, 0.29) is 12.4 Å². The summed E-state index contributed by atoms with van der Waals surface area (Å²) in [5, 5.41) is 15.0. The SMILES string of the molecule is Nc1ccc(C(O)CNC(=O)Nc2ccc(F)cc2)cc1. The normalized spacial score (nSPS) is 11.7. The van der Waals surface area contributed by atoms with Gasteiger partial charge in [-0.1, -0.05) is 12.1 Å². The molecule has 21 heavy (non-hydrogen) atoms. The van der Waals surface area contributed by atoms with Crippen molar-refractivity contribution in [1.82, 2.24) is 5.32 Å². The van der Waals surface area contributed by atoms with Gasteiger partial charge in [0, 0.05) is 17.9 Å². The van der Waals surface area contributed by atoms with Gasteiger partial charge in [-0.3, -0.25) is 0 Å². The fraction of sp³-hybridized carbons (Fsp3) is 0.133. The second-order valence-electron chi connectivity index (χ2n) is 4.52. The lowest BCUT2D eigenvalue weighted by atomic mass is 10.1. The summed E-state index contributed by atoms with van der Waals surface area (Å²) < 4.78 is 12.7. The molecule has 0 aliphatic heterocycles. The van der Waals surface area contributed by atoms with Crippen LogP contribution in [0.2, 0.25) is 0 Å². The molecule has 6 heteroatoms. The largest absolute Gasteiger partial charge is 0.399 e. The van der Waals surface area contributed by atoms with Gasteiger partial charge < -0.3 is 21.5 Å². The molecule has 2 rings (SSSR count). The van der Waals surface area contributed by atoms with Gasteiger partial charge in [0.1, 0.15) is 5.82 Å². The number of carbonyl (C=O) groups is 1. The number of hydrogen-bond acceptors (Lipinski definition) is 3. The molecule has 0 aliphatic rings. The Labute approximate surface area is 121 Å². The van der Waals surface area contributed by atoms with Crippen LogP contribution in [-0.4, -0.2) is 17.7 Å². The van der Waals surface area contributed by atoms with Crippen molar-refractivity contribution in [3.05, 3.63) is 59.9 Å². The Morgan fingerprint density at radius 2 is 1.76 bits per heavy atom. The molecule has 0 bridgehead atoms. The van der Waals surface area contributed by atoms with Crippen LogP contribution in [0.1, 0.15) is 11.7 Å². The van der Waals surface area contributed by atoms with Gasteiger partial charge >= 0.3 is 6.03 Å². The first-order chi connectivity index (χ1) is 10.0. The number of urea groups is 1. The summed E-state index contributed by atoms with van der Waals surface area (Å²) in [6, 6.07) is 11.7. The first kappa shape index (κ1) is 14.8. The van der Waals surface area contributed by atoms with Crippen molar-refractivity contribution in [3.8, 4) is 0 Å². The van der Waals surface area contributed by atoms with Crippen LogP contribution < -0.4 is 16.4 Å². The number of carbonyl (C=O) groups excluding carboxylic acids is 1. The van der Waals surface area contributed by atoms with Gasteiger partial charge in [0.15, 0.2) is 0 Å².